The number of hydrogen-bond donors (Lipinski definition) is 1. The molecule has 2 heterocycles. The van der Waals surface area contributed by atoms with Crippen LogP contribution in [-0.2, 0) is 10.0 Å². The monoisotopic (exact) mass is 445 g/mol. The summed E-state index contributed by atoms with van der Waals surface area (Å²) >= 11 is 1.01. The minimum atomic E-state index is -3.76. The van der Waals surface area contributed by atoms with Crippen LogP contribution in [0, 0.1) is 10.1 Å². The number of H-pyrrole nitrogens is 1. The SMILES string of the molecule is O=[N+]([O-])c1cc(S(=O)(=O)N2CCCCC2)ccc1Sc1n[nH]c(-c2ccccc2)n1. The van der Waals surface area contributed by atoms with Gasteiger partial charge in [-0.15, -0.1) is 5.10 Å². The van der Waals surface area contributed by atoms with Crippen molar-refractivity contribution >= 4 is 27.5 Å². The summed E-state index contributed by atoms with van der Waals surface area (Å²) in [6.45, 7) is 0.873. The fourth-order valence-corrected chi connectivity index (χ4v) is 5.59. The summed E-state index contributed by atoms with van der Waals surface area (Å²) < 4.78 is 27.1. The average molecular weight is 446 g/mol. The average Bonchev–Trinajstić information content (AvgIpc) is 3.23. The maximum absolute atomic E-state index is 12.9. The van der Waals surface area contributed by atoms with Crippen molar-refractivity contribution in [2.45, 2.75) is 34.2 Å². The van der Waals surface area contributed by atoms with E-state index in [1.165, 1.54) is 16.4 Å². The fraction of sp³-hybridized carbons (Fsp3) is 0.263. The van der Waals surface area contributed by atoms with Crippen LogP contribution in [0.4, 0.5) is 5.69 Å². The molecule has 1 fully saturated rings. The Kier molecular flexibility index (Phi) is 5.84. The standard InChI is InChI=1S/C19H19N5O4S2/c25-24(26)16-13-15(30(27,28)23-11-5-2-6-12-23)9-10-17(16)29-19-20-18(21-22-19)14-7-3-1-4-8-14/h1,3-4,7-10,13H,2,5-6,11-12H2,(H,20,21,22). The summed E-state index contributed by atoms with van der Waals surface area (Å²) in [5, 5.41) is 18.9. The molecule has 156 valence electrons. The molecule has 3 aromatic rings. The van der Waals surface area contributed by atoms with Crippen LogP contribution in [0.2, 0.25) is 0 Å². The quantitative estimate of drug-likeness (QED) is 0.453. The summed E-state index contributed by atoms with van der Waals surface area (Å²) in [7, 11) is -3.76. The summed E-state index contributed by atoms with van der Waals surface area (Å²) in [6.07, 6.45) is 2.58. The molecule has 1 aliphatic heterocycles. The highest BCUT2D eigenvalue weighted by atomic mass is 32.2. The number of hydrogen-bond acceptors (Lipinski definition) is 7. The Morgan fingerprint density at radius 3 is 2.50 bits per heavy atom. The Labute approximate surface area is 177 Å². The first-order chi connectivity index (χ1) is 14.4. The Hall–Kier alpha value is -2.76. The third kappa shape index (κ3) is 4.23. The minimum absolute atomic E-state index is 0.0691. The lowest BCUT2D eigenvalue weighted by Crippen LogP contribution is -2.35. The fourth-order valence-electron chi connectivity index (χ4n) is 3.26. The van der Waals surface area contributed by atoms with Gasteiger partial charge in [-0.3, -0.25) is 15.2 Å². The second kappa shape index (κ2) is 8.54. The highest BCUT2D eigenvalue weighted by Gasteiger charge is 2.29. The minimum Gasteiger partial charge on any atom is -0.258 e. The number of aromatic nitrogens is 3. The van der Waals surface area contributed by atoms with Gasteiger partial charge in [0.2, 0.25) is 15.2 Å². The van der Waals surface area contributed by atoms with Crippen LogP contribution in [-0.4, -0.2) is 45.9 Å². The lowest BCUT2D eigenvalue weighted by atomic mass is 10.2. The molecule has 0 amide bonds. The number of nitro groups is 1. The molecule has 11 heteroatoms. The Bertz CT molecular complexity index is 1160. The van der Waals surface area contributed by atoms with Gasteiger partial charge >= 0.3 is 0 Å². The summed E-state index contributed by atoms with van der Waals surface area (Å²) in [4.78, 5) is 15.6. The van der Waals surface area contributed by atoms with E-state index in [1.807, 2.05) is 30.3 Å². The predicted molar refractivity (Wildman–Crippen MR) is 112 cm³/mol. The van der Waals surface area contributed by atoms with Gasteiger partial charge in [0.15, 0.2) is 5.82 Å². The molecule has 0 bridgehead atoms. The summed E-state index contributed by atoms with van der Waals surface area (Å²) in [5.41, 5.74) is 0.554. The second-order valence-electron chi connectivity index (χ2n) is 6.79. The third-order valence-electron chi connectivity index (χ3n) is 4.79. The molecule has 1 saturated heterocycles. The third-order valence-corrected chi connectivity index (χ3v) is 7.62. The summed E-state index contributed by atoms with van der Waals surface area (Å²) in [5.74, 6) is 0.546. The number of nitro benzene ring substituents is 1. The van der Waals surface area contributed by atoms with Crippen molar-refractivity contribution in [1.82, 2.24) is 19.5 Å². The van der Waals surface area contributed by atoms with Crippen molar-refractivity contribution < 1.29 is 13.3 Å². The molecule has 30 heavy (non-hydrogen) atoms. The van der Waals surface area contributed by atoms with Crippen molar-refractivity contribution in [3.63, 3.8) is 0 Å². The second-order valence-corrected chi connectivity index (χ2v) is 9.73. The van der Waals surface area contributed by atoms with Gasteiger partial charge in [-0.05, 0) is 36.7 Å². The van der Waals surface area contributed by atoms with Gasteiger partial charge in [0.05, 0.1) is 14.7 Å². The van der Waals surface area contributed by atoms with Crippen LogP contribution in [0.25, 0.3) is 11.4 Å². The van der Waals surface area contributed by atoms with Gasteiger partial charge in [0, 0.05) is 24.7 Å². The number of nitrogens with zero attached hydrogens (tertiary/aromatic N) is 4. The van der Waals surface area contributed by atoms with Gasteiger partial charge in [0.25, 0.3) is 5.69 Å². The van der Waals surface area contributed by atoms with Crippen molar-refractivity contribution in [3.8, 4) is 11.4 Å². The Morgan fingerprint density at radius 1 is 1.07 bits per heavy atom. The smallest absolute Gasteiger partial charge is 0.258 e. The molecule has 2 aromatic carbocycles. The van der Waals surface area contributed by atoms with E-state index in [0.29, 0.717) is 24.1 Å². The molecule has 4 rings (SSSR count). The molecular weight excluding hydrogens is 426 g/mol. The van der Waals surface area contributed by atoms with Crippen molar-refractivity contribution in [2.24, 2.45) is 0 Å². The van der Waals surface area contributed by atoms with Gasteiger partial charge in [-0.2, -0.15) is 4.31 Å². The number of rotatable bonds is 6. The maximum atomic E-state index is 12.9. The number of piperidine rings is 1. The zero-order chi connectivity index (χ0) is 21.1. The van der Waals surface area contributed by atoms with Gasteiger partial charge in [-0.25, -0.2) is 13.4 Å². The number of aromatic amines is 1. The predicted octanol–water partition coefficient (Wildman–Crippen LogP) is 3.71. The zero-order valence-electron chi connectivity index (χ0n) is 15.9. The topological polar surface area (TPSA) is 122 Å². The molecule has 0 atom stereocenters. The molecule has 0 saturated carbocycles. The normalized spacial score (nSPS) is 15.2. The first-order valence-corrected chi connectivity index (χ1v) is 11.6. The van der Waals surface area contributed by atoms with Gasteiger partial charge in [0.1, 0.15) is 0 Å². The Balaban J connectivity index is 1.62. The first kappa shape index (κ1) is 20.5. The van der Waals surface area contributed by atoms with E-state index >= 15 is 0 Å². The highest BCUT2D eigenvalue weighted by molar-refractivity contribution is 7.99. The van der Waals surface area contributed by atoms with E-state index in [1.54, 1.807) is 0 Å². The van der Waals surface area contributed by atoms with Crippen molar-refractivity contribution in [3.05, 3.63) is 58.6 Å². The molecule has 1 aromatic heterocycles. The highest BCUT2D eigenvalue weighted by Crippen LogP contribution is 2.36. The molecule has 0 spiro atoms. The van der Waals surface area contributed by atoms with Crippen molar-refractivity contribution in [1.29, 1.82) is 0 Å². The van der Waals surface area contributed by atoms with E-state index < -0.39 is 14.9 Å². The molecule has 1 aliphatic rings. The largest absolute Gasteiger partial charge is 0.284 e. The maximum Gasteiger partial charge on any atom is 0.284 e. The van der Waals surface area contributed by atoms with Gasteiger partial charge in [-0.1, -0.05) is 36.8 Å². The van der Waals surface area contributed by atoms with Crippen LogP contribution in [0.1, 0.15) is 19.3 Å². The van der Waals surface area contributed by atoms with Crippen molar-refractivity contribution in [2.75, 3.05) is 13.1 Å². The van der Waals surface area contributed by atoms with Crippen LogP contribution in [0.5, 0.6) is 0 Å². The molecule has 1 N–H and O–H groups in total. The summed E-state index contributed by atoms with van der Waals surface area (Å²) in [6, 6.07) is 13.3. The van der Waals surface area contributed by atoms with Crippen LogP contribution in [0.3, 0.4) is 0 Å². The van der Waals surface area contributed by atoms with E-state index in [9.17, 15) is 18.5 Å². The van der Waals surface area contributed by atoms with Crippen LogP contribution in [0.15, 0.2) is 63.5 Å². The van der Waals surface area contributed by atoms with E-state index in [0.717, 1.165) is 42.7 Å². The van der Waals surface area contributed by atoms with Gasteiger partial charge < -0.3 is 0 Å². The molecule has 0 aliphatic carbocycles. The lowest BCUT2D eigenvalue weighted by molar-refractivity contribution is -0.388. The zero-order valence-corrected chi connectivity index (χ0v) is 17.5. The number of nitrogens with one attached hydrogen (secondary N) is 1. The Morgan fingerprint density at radius 2 is 1.80 bits per heavy atom. The molecule has 0 radical (unpaired) electrons. The number of sulfonamides is 1. The number of benzene rings is 2. The van der Waals surface area contributed by atoms with E-state index in [2.05, 4.69) is 15.2 Å². The van der Waals surface area contributed by atoms with Crippen LogP contribution < -0.4 is 0 Å². The molecule has 0 unspecified atom stereocenters. The first-order valence-electron chi connectivity index (χ1n) is 9.39. The molecule has 9 nitrogen and oxygen atoms in total. The van der Waals surface area contributed by atoms with E-state index in [-0.39, 0.29) is 15.5 Å². The molecular formula is C19H19N5O4S2. The van der Waals surface area contributed by atoms with Crippen LogP contribution >= 0.6 is 11.8 Å². The van der Waals surface area contributed by atoms with E-state index in [4.69, 9.17) is 0 Å². The lowest BCUT2D eigenvalue weighted by Gasteiger charge is -2.25.